The lowest BCUT2D eigenvalue weighted by molar-refractivity contribution is 0.0702. The molecule has 4 nitrogen and oxygen atoms in total. The monoisotopic (exact) mass is 269 g/mol. The Balaban J connectivity index is 1.94. The van der Waals surface area contributed by atoms with Crippen LogP contribution in [0.5, 0.6) is 5.75 Å². The quantitative estimate of drug-likeness (QED) is 0.906. The number of aryl methyl sites for hydroxylation is 1. The van der Waals surface area contributed by atoms with E-state index in [1.165, 1.54) is 6.07 Å². The van der Waals surface area contributed by atoms with Crippen LogP contribution in [0.1, 0.15) is 27.3 Å². The number of thiophene rings is 1. The molecule has 2 heterocycles. The fourth-order valence-corrected chi connectivity index (χ4v) is 2.64. The number of carbonyl (C=O) groups is 1. The summed E-state index contributed by atoms with van der Waals surface area (Å²) in [4.78, 5) is 15.3. The standard InChI is InChI=1S/C11H11NO3S2/c1-2-10-12-7(5-17-10)4-15-8-3-9(11(13)14)16-6-8/h3,5-6H,2,4H2,1H3,(H,13,14). The Labute approximate surface area is 107 Å². The number of aromatic nitrogens is 1. The molecule has 0 aliphatic carbocycles. The molecule has 0 radical (unpaired) electrons. The number of carboxylic acid groups (broad SMARTS) is 1. The largest absolute Gasteiger partial charge is 0.486 e. The minimum absolute atomic E-state index is 0.285. The number of nitrogens with zero attached hydrogens (tertiary/aromatic N) is 1. The number of rotatable bonds is 5. The molecular formula is C11H11NO3S2. The molecule has 0 fully saturated rings. The van der Waals surface area contributed by atoms with E-state index in [-0.39, 0.29) is 4.88 Å². The first kappa shape index (κ1) is 12.1. The van der Waals surface area contributed by atoms with Crippen molar-refractivity contribution in [2.24, 2.45) is 0 Å². The van der Waals surface area contributed by atoms with Crippen LogP contribution in [0.2, 0.25) is 0 Å². The molecule has 90 valence electrons. The van der Waals surface area contributed by atoms with Crippen LogP contribution in [0, 0.1) is 0 Å². The van der Waals surface area contributed by atoms with E-state index in [9.17, 15) is 4.79 Å². The van der Waals surface area contributed by atoms with Gasteiger partial charge in [-0.25, -0.2) is 9.78 Å². The molecule has 6 heteroatoms. The van der Waals surface area contributed by atoms with E-state index in [0.29, 0.717) is 12.4 Å². The molecule has 1 N–H and O–H groups in total. The van der Waals surface area contributed by atoms with Gasteiger partial charge in [0.2, 0.25) is 0 Å². The van der Waals surface area contributed by atoms with Gasteiger partial charge in [-0.3, -0.25) is 0 Å². The van der Waals surface area contributed by atoms with Gasteiger partial charge >= 0.3 is 5.97 Å². The Morgan fingerprint density at radius 3 is 2.88 bits per heavy atom. The van der Waals surface area contributed by atoms with Crippen LogP contribution in [0.3, 0.4) is 0 Å². The van der Waals surface area contributed by atoms with Crippen molar-refractivity contribution in [3.63, 3.8) is 0 Å². The number of ether oxygens (including phenoxy) is 1. The van der Waals surface area contributed by atoms with E-state index < -0.39 is 5.97 Å². The molecule has 2 rings (SSSR count). The maximum atomic E-state index is 10.7. The average Bonchev–Trinajstić information content (AvgIpc) is 2.95. The third-order valence-electron chi connectivity index (χ3n) is 2.07. The molecule has 2 aromatic heterocycles. The maximum absolute atomic E-state index is 10.7. The normalized spacial score (nSPS) is 10.4. The van der Waals surface area contributed by atoms with Crippen molar-refractivity contribution in [3.8, 4) is 5.75 Å². The van der Waals surface area contributed by atoms with Gasteiger partial charge in [0.1, 0.15) is 17.2 Å². The van der Waals surface area contributed by atoms with Crippen LogP contribution in [0.25, 0.3) is 0 Å². The SMILES string of the molecule is CCc1nc(COc2csc(C(=O)O)c2)cs1. The van der Waals surface area contributed by atoms with Crippen LogP contribution < -0.4 is 4.74 Å². The van der Waals surface area contributed by atoms with Crippen molar-refractivity contribution in [1.29, 1.82) is 0 Å². The molecule has 0 unspecified atom stereocenters. The zero-order valence-corrected chi connectivity index (χ0v) is 10.8. The highest BCUT2D eigenvalue weighted by Crippen LogP contribution is 2.22. The van der Waals surface area contributed by atoms with Gasteiger partial charge in [-0.05, 0) is 6.42 Å². The summed E-state index contributed by atoms with van der Waals surface area (Å²) in [5, 5.41) is 13.5. The van der Waals surface area contributed by atoms with Gasteiger partial charge in [-0.15, -0.1) is 22.7 Å². The smallest absolute Gasteiger partial charge is 0.346 e. The third-order valence-corrected chi connectivity index (χ3v) is 4.01. The lowest BCUT2D eigenvalue weighted by atomic mass is 10.4. The second kappa shape index (κ2) is 5.29. The molecule has 0 aromatic carbocycles. The summed E-state index contributed by atoms with van der Waals surface area (Å²) < 4.78 is 5.47. The first-order chi connectivity index (χ1) is 8.19. The molecule has 0 spiro atoms. The van der Waals surface area contributed by atoms with Crippen molar-refractivity contribution in [1.82, 2.24) is 4.98 Å². The third kappa shape index (κ3) is 3.04. The Bertz CT molecular complexity index is 518. The van der Waals surface area contributed by atoms with E-state index in [0.717, 1.165) is 28.5 Å². The van der Waals surface area contributed by atoms with Crippen molar-refractivity contribution in [3.05, 3.63) is 32.4 Å². The topological polar surface area (TPSA) is 59.4 Å². The summed E-state index contributed by atoms with van der Waals surface area (Å²) in [6, 6.07) is 1.53. The Kier molecular flexibility index (Phi) is 3.75. The zero-order chi connectivity index (χ0) is 12.3. The highest BCUT2D eigenvalue weighted by atomic mass is 32.1. The van der Waals surface area contributed by atoms with Crippen molar-refractivity contribution in [2.45, 2.75) is 20.0 Å². The second-order valence-electron chi connectivity index (χ2n) is 3.33. The zero-order valence-electron chi connectivity index (χ0n) is 9.17. The van der Waals surface area contributed by atoms with Gasteiger partial charge < -0.3 is 9.84 Å². The molecule has 17 heavy (non-hydrogen) atoms. The summed E-state index contributed by atoms with van der Waals surface area (Å²) in [5.41, 5.74) is 0.884. The predicted molar refractivity (Wildman–Crippen MR) is 67.1 cm³/mol. The van der Waals surface area contributed by atoms with Gasteiger partial charge in [0.15, 0.2) is 0 Å². The molecule has 0 atom stereocenters. The lowest BCUT2D eigenvalue weighted by Crippen LogP contribution is -1.95. The minimum Gasteiger partial charge on any atom is -0.486 e. The van der Waals surface area contributed by atoms with Crippen LogP contribution in [-0.4, -0.2) is 16.1 Å². The fraction of sp³-hybridized carbons (Fsp3) is 0.273. The first-order valence-corrected chi connectivity index (χ1v) is 6.83. The molecule has 2 aromatic rings. The molecule has 0 bridgehead atoms. The van der Waals surface area contributed by atoms with E-state index in [4.69, 9.17) is 9.84 Å². The van der Waals surface area contributed by atoms with Crippen molar-refractivity contribution in [2.75, 3.05) is 0 Å². The number of thiazole rings is 1. The molecular weight excluding hydrogens is 258 g/mol. The molecule has 0 aliphatic heterocycles. The number of aromatic carboxylic acids is 1. The van der Waals surface area contributed by atoms with Crippen molar-refractivity contribution < 1.29 is 14.6 Å². The predicted octanol–water partition coefficient (Wildman–Crippen LogP) is 3.04. The van der Waals surface area contributed by atoms with Gasteiger partial charge in [0, 0.05) is 16.8 Å². The van der Waals surface area contributed by atoms with Crippen LogP contribution >= 0.6 is 22.7 Å². The molecule has 0 saturated carbocycles. The molecule has 0 saturated heterocycles. The first-order valence-electron chi connectivity index (χ1n) is 5.07. The number of carboxylic acids is 1. The summed E-state index contributed by atoms with van der Waals surface area (Å²) in [7, 11) is 0. The summed E-state index contributed by atoms with van der Waals surface area (Å²) in [6.07, 6.45) is 0.923. The van der Waals surface area contributed by atoms with Gasteiger partial charge in [-0.2, -0.15) is 0 Å². The number of hydrogen-bond acceptors (Lipinski definition) is 5. The highest BCUT2D eigenvalue weighted by molar-refractivity contribution is 7.12. The van der Waals surface area contributed by atoms with E-state index >= 15 is 0 Å². The van der Waals surface area contributed by atoms with E-state index in [1.807, 2.05) is 5.38 Å². The number of hydrogen-bond donors (Lipinski definition) is 1. The second-order valence-corrected chi connectivity index (χ2v) is 5.18. The average molecular weight is 269 g/mol. The highest BCUT2D eigenvalue weighted by Gasteiger charge is 2.08. The van der Waals surface area contributed by atoms with Crippen molar-refractivity contribution >= 4 is 28.6 Å². The summed E-state index contributed by atoms with van der Waals surface area (Å²) in [6.45, 7) is 2.44. The summed E-state index contributed by atoms with van der Waals surface area (Å²) >= 11 is 2.77. The Morgan fingerprint density at radius 1 is 1.47 bits per heavy atom. The van der Waals surface area contributed by atoms with Crippen LogP contribution in [-0.2, 0) is 13.0 Å². The fourth-order valence-electron chi connectivity index (χ4n) is 1.24. The van der Waals surface area contributed by atoms with E-state index in [2.05, 4.69) is 11.9 Å². The van der Waals surface area contributed by atoms with Gasteiger partial charge in [0.05, 0.1) is 10.7 Å². The maximum Gasteiger partial charge on any atom is 0.346 e. The summed E-state index contributed by atoms with van der Waals surface area (Å²) in [5.74, 6) is -0.342. The lowest BCUT2D eigenvalue weighted by Gasteiger charge is -1.99. The Morgan fingerprint density at radius 2 is 2.29 bits per heavy atom. The van der Waals surface area contributed by atoms with E-state index in [1.54, 1.807) is 16.7 Å². The minimum atomic E-state index is -0.924. The Hall–Kier alpha value is -1.40. The van der Waals surface area contributed by atoms with Gasteiger partial charge in [-0.1, -0.05) is 6.92 Å². The van der Waals surface area contributed by atoms with Gasteiger partial charge in [0.25, 0.3) is 0 Å². The van der Waals surface area contributed by atoms with Crippen LogP contribution in [0.15, 0.2) is 16.8 Å². The molecule has 0 amide bonds. The van der Waals surface area contributed by atoms with Crippen LogP contribution in [0.4, 0.5) is 0 Å². The molecule has 0 aliphatic rings.